The number of benzene rings is 2. The monoisotopic (exact) mass is 378 g/mol. The van der Waals surface area contributed by atoms with Crippen LogP contribution in [0.1, 0.15) is 27.1 Å². The van der Waals surface area contributed by atoms with E-state index in [4.69, 9.17) is 9.47 Å². The van der Waals surface area contributed by atoms with Gasteiger partial charge in [-0.15, -0.1) is 0 Å². The lowest BCUT2D eigenvalue weighted by atomic mass is 9.77. The smallest absolute Gasteiger partial charge is 0.338 e. The Labute approximate surface area is 163 Å². The predicted molar refractivity (Wildman–Crippen MR) is 103 cm³/mol. The molecular formula is C23H22O5. The van der Waals surface area contributed by atoms with Crippen molar-refractivity contribution in [1.82, 2.24) is 0 Å². The number of aliphatic hydroxyl groups excluding tert-OH is 1. The van der Waals surface area contributed by atoms with Crippen molar-refractivity contribution in [3.63, 3.8) is 0 Å². The van der Waals surface area contributed by atoms with Crippen LogP contribution in [0.5, 0.6) is 0 Å². The number of hydrogen-bond donors (Lipinski definition) is 1. The molecule has 4 rings (SSSR count). The van der Waals surface area contributed by atoms with E-state index in [0.717, 1.165) is 0 Å². The van der Waals surface area contributed by atoms with Gasteiger partial charge in [0.15, 0.2) is 0 Å². The molecule has 28 heavy (non-hydrogen) atoms. The number of carbonyl (C=O) groups excluding carboxylic acids is 2. The van der Waals surface area contributed by atoms with Crippen molar-refractivity contribution in [3.8, 4) is 0 Å². The quantitative estimate of drug-likeness (QED) is 0.617. The van der Waals surface area contributed by atoms with E-state index in [1.54, 1.807) is 48.5 Å². The number of carbonyl (C=O) groups is 2. The Kier molecular flexibility index (Phi) is 5.01. The van der Waals surface area contributed by atoms with Gasteiger partial charge >= 0.3 is 11.9 Å². The van der Waals surface area contributed by atoms with Crippen LogP contribution < -0.4 is 0 Å². The van der Waals surface area contributed by atoms with Crippen molar-refractivity contribution >= 4 is 11.9 Å². The van der Waals surface area contributed by atoms with E-state index in [1.165, 1.54) is 0 Å². The van der Waals surface area contributed by atoms with Gasteiger partial charge in [-0.25, -0.2) is 9.59 Å². The van der Waals surface area contributed by atoms with E-state index >= 15 is 0 Å². The summed E-state index contributed by atoms with van der Waals surface area (Å²) in [6.45, 7) is 0.177. The zero-order valence-electron chi connectivity index (χ0n) is 15.4. The van der Waals surface area contributed by atoms with Gasteiger partial charge in [-0.3, -0.25) is 0 Å². The van der Waals surface area contributed by atoms with Gasteiger partial charge in [0.05, 0.1) is 17.2 Å². The number of rotatable bonds is 6. The third kappa shape index (κ3) is 3.45. The second-order valence-corrected chi connectivity index (χ2v) is 7.52. The molecular weight excluding hydrogens is 356 g/mol. The van der Waals surface area contributed by atoms with Gasteiger partial charge in [-0.05, 0) is 30.7 Å². The third-order valence-corrected chi connectivity index (χ3v) is 5.72. The van der Waals surface area contributed by atoms with Crippen molar-refractivity contribution in [1.29, 1.82) is 0 Å². The Balaban J connectivity index is 1.47. The van der Waals surface area contributed by atoms with Crippen LogP contribution in [0.15, 0.2) is 72.8 Å². The molecule has 0 saturated heterocycles. The molecule has 5 nitrogen and oxygen atoms in total. The normalized spacial score (nSPS) is 24.1. The minimum absolute atomic E-state index is 0.00384. The molecule has 2 aromatic rings. The molecule has 1 fully saturated rings. The lowest BCUT2D eigenvalue weighted by molar-refractivity contribution is -0.0236. The fourth-order valence-corrected chi connectivity index (χ4v) is 4.20. The zero-order chi connectivity index (χ0) is 19.6. The maximum absolute atomic E-state index is 12.4. The summed E-state index contributed by atoms with van der Waals surface area (Å²) in [7, 11) is 0. The molecule has 2 aliphatic rings. The summed E-state index contributed by atoms with van der Waals surface area (Å²) in [5.74, 6) is -1.05. The molecule has 0 radical (unpaired) electrons. The van der Waals surface area contributed by atoms with Crippen molar-refractivity contribution in [3.05, 3.63) is 83.9 Å². The minimum atomic E-state index is -0.617. The summed E-state index contributed by atoms with van der Waals surface area (Å²) in [4.78, 5) is 24.8. The highest BCUT2D eigenvalue weighted by Gasteiger charge is 2.55. The highest BCUT2D eigenvalue weighted by atomic mass is 16.5. The summed E-state index contributed by atoms with van der Waals surface area (Å²) in [5, 5.41) is 10.5. The van der Waals surface area contributed by atoms with E-state index < -0.39 is 23.5 Å². The Bertz CT molecular complexity index is 819. The lowest BCUT2D eigenvalue weighted by Gasteiger charge is -2.34. The van der Waals surface area contributed by atoms with Crippen LogP contribution in [0.25, 0.3) is 0 Å². The average molecular weight is 378 g/mol. The molecule has 144 valence electrons. The topological polar surface area (TPSA) is 72.8 Å². The Morgan fingerprint density at radius 2 is 1.36 bits per heavy atom. The van der Waals surface area contributed by atoms with Crippen LogP contribution in [-0.4, -0.2) is 36.4 Å². The summed E-state index contributed by atoms with van der Waals surface area (Å²) in [6, 6.07) is 17.5. The Hall–Kier alpha value is -2.92. The fourth-order valence-electron chi connectivity index (χ4n) is 4.20. The first-order chi connectivity index (χ1) is 13.6. The molecule has 0 spiro atoms. The van der Waals surface area contributed by atoms with E-state index in [1.807, 2.05) is 24.3 Å². The first-order valence-corrected chi connectivity index (χ1v) is 9.40. The van der Waals surface area contributed by atoms with E-state index in [0.29, 0.717) is 17.5 Å². The molecule has 0 amide bonds. The second kappa shape index (κ2) is 7.60. The van der Waals surface area contributed by atoms with E-state index in [2.05, 4.69) is 0 Å². The third-order valence-electron chi connectivity index (χ3n) is 5.72. The van der Waals surface area contributed by atoms with Crippen LogP contribution in [0, 0.1) is 17.3 Å². The molecule has 3 atom stereocenters. The highest BCUT2D eigenvalue weighted by Crippen LogP contribution is 2.52. The zero-order valence-corrected chi connectivity index (χ0v) is 15.4. The molecule has 2 bridgehead atoms. The maximum atomic E-state index is 12.4. The first-order valence-electron chi connectivity index (χ1n) is 9.40. The van der Waals surface area contributed by atoms with Crippen molar-refractivity contribution in [2.24, 2.45) is 17.3 Å². The summed E-state index contributed by atoms with van der Waals surface area (Å²) >= 11 is 0. The Morgan fingerprint density at radius 3 is 1.75 bits per heavy atom. The van der Waals surface area contributed by atoms with Gasteiger partial charge in [-0.2, -0.15) is 0 Å². The summed E-state index contributed by atoms with van der Waals surface area (Å²) < 4.78 is 11.2. The number of esters is 2. The van der Waals surface area contributed by atoms with Crippen molar-refractivity contribution < 1.29 is 24.2 Å². The van der Waals surface area contributed by atoms with E-state index in [-0.39, 0.29) is 25.0 Å². The van der Waals surface area contributed by atoms with Gasteiger partial charge in [0, 0.05) is 17.3 Å². The predicted octanol–water partition coefficient (Wildman–Crippen LogP) is 3.25. The summed E-state index contributed by atoms with van der Waals surface area (Å²) in [6.07, 6.45) is 4.02. The molecule has 0 unspecified atom stereocenters. The van der Waals surface area contributed by atoms with Gasteiger partial charge in [0.2, 0.25) is 0 Å². The van der Waals surface area contributed by atoms with Crippen molar-refractivity contribution in [2.75, 3.05) is 13.2 Å². The van der Waals surface area contributed by atoms with E-state index in [9.17, 15) is 14.7 Å². The Morgan fingerprint density at radius 1 is 0.857 bits per heavy atom. The number of fused-ring (bicyclic) bond motifs is 2. The molecule has 5 heteroatoms. The minimum Gasteiger partial charge on any atom is -0.461 e. The number of hydrogen-bond acceptors (Lipinski definition) is 5. The van der Waals surface area contributed by atoms with Gasteiger partial charge in [0.1, 0.15) is 13.2 Å². The van der Waals surface area contributed by atoms with Gasteiger partial charge in [0.25, 0.3) is 0 Å². The highest BCUT2D eigenvalue weighted by molar-refractivity contribution is 5.89. The molecule has 1 saturated carbocycles. The standard InChI is InChI=1S/C23H22O5/c24-20-18-11-12-19(20)23(13-18,14-27-21(25)16-7-3-1-4-8-16)15-28-22(26)17-9-5-2-6-10-17/h1-12,18-20,24H,13-15H2/t18-,19-,20+/m0/s1. The molecule has 0 aliphatic heterocycles. The molecule has 2 aromatic carbocycles. The summed E-state index contributed by atoms with van der Waals surface area (Å²) in [5.41, 5.74) is 0.324. The second-order valence-electron chi connectivity index (χ2n) is 7.52. The number of ether oxygens (including phenoxy) is 2. The van der Waals surface area contributed by atoms with Gasteiger partial charge in [-0.1, -0.05) is 48.6 Å². The number of aliphatic hydroxyl groups is 1. The SMILES string of the molecule is O=C(OCC1(COC(=O)c2ccccc2)C[C@@H]2C=C[C@H]1[C@@H]2O)c1ccccc1. The van der Waals surface area contributed by atoms with Crippen LogP contribution in [-0.2, 0) is 9.47 Å². The maximum Gasteiger partial charge on any atom is 0.338 e. The van der Waals surface area contributed by atoms with Gasteiger partial charge < -0.3 is 14.6 Å². The molecule has 0 aromatic heterocycles. The molecule has 2 aliphatic carbocycles. The van der Waals surface area contributed by atoms with Crippen LogP contribution in [0.3, 0.4) is 0 Å². The average Bonchev–Trinajstić information content (AvgIpc) is 3.24. The lowest BCUT2D eigenvalue weighted by Crippen LogP contribution is -2.39. The van der Waals surface area contributed by atoms with Crippen LogP contribution >= 0.6 is 0 Å². The fraction of sp³-hybridized carbons (Fsp3) is 0.304. The first kappa shape index (κ1) is 18.4. The van der Waals surface area contributed by atoms with Crippen molar-refractivity contribution in [2.45, 2.75) is 12.5 Å². The molecule has 1 N–H and O–H groups in total. The van der Waals surface area contributed by atoms with Crippen LogP contribution in [0.2, 0.25) is 0 Å². The van der Waals surface area contributed by atoms with Crippen LogP contribution in [0.4, 0.5) is 0 Å². The largest absolute Gasteiger partial charge is 0.461 e. The molecule has 0 heterocycles.